The first-order valence-electron chi connectivity index (χ1n) is 17.5. The molecule has 0 N–H and O–H groups in total. The van der Waals surface area contributed by atoms with Gasteiger partial charge in [-0.2, -0.15) is 0 Å². The third kappa shape index (κ3) is 4.59. The van der Waals surface area contributed by atoms with Crippen LogP contribution in [0.5, 0.6) is 0 Å². The van der Waals surface area contributed by atoms with Crippen LogP contribution >= 0.6 is 34.0 Å². The van der Waals surface area contributed by atoms with E-state index in [4.69, 9.17) is 0 Å². The summed E-state index contributed by atoms with van der Waals surface area (Å²) in [6.07, 6.45) is 0. The van der Waals surface area contributed by atoms with Crippen molar-refractivity contribution in [3.05, 3.63) is 176 Å². The van der Waals surface area contributed by atoms with Crippen molar-refractivity contribution in [2.75, 3.05) is 4.90 Å². The fourth-order valence-corrected chi connectivity index (χ4v) is 11.7. The van der Waals surface area contributed by atoms with Crippen LogP contribution < -0.4 is 4.90 Å². The van der Waals surface area contributed by atoms with Gasteiger partial charge in [0.15, 0.2) is 0 Å². The molecule has 1 nitrogen and oxygen atoms in total. The molecule has 0 radical (unpaired) electrons. The number of fused-ring (bicyclic) bond motifs is 10. The van der Waals surface area contributed by atoms with Gasteiger partial charge in [-0.15, -0.1) is 34.0 Å². The molecule has 0 aliphatic heterocycles. The van der Waals surface area contributed by atoms with Gasteiger partial charge in [0, 0.05) is 61.5 Å². The van der Waals surface area contributed by atoms with Crippen LogP contribution in [0.3, 0.4) is 0 Å². The summed E-state index contributed by atoms with van der Waals surface area (Å²) in [5, 5.41) is 7.93. The third-order valence-electron chi connectivity index (χ3n) is 10.3. The molecule has 0 fully saturated rings. The fraction of sp³-hybridized carbons (Fsp3) is 0. The lowest BCUT2D eigenvalue weighted by Crippen LogP contribution is -2.10. The van der Waals surface area contributed by atoms with E-state index in [2.05, 4.69) is 181 Å². The SMILES string of the molecule is c1ccc(-c2ccc(N(c3cccc4c3sc3c(-c5ccccc5)cccc34)c3cccc4sc5ccc6c7ccccc7sc6c5c34)cc2)cc1. The van der Waals surface area contributed by atoms with Gasteiger partial charge in [-0.3, -0.25) is 0 Å². The summed E-state index contributed by atoms with van der Waals surface area (Å²) >= 11 is 5.72. The highest BCUT2D eigenvalue weighted by atomic mass is 32.1. The Morgan fingerprint density at radius 3 is 1.73 bits per heavy atom. The molecular formula is C48H29NS3. The van der Waals surface area contributed by atoms with Crippen LogP contribution in [0.15, 0.2) is 176 Å². The maximum absolute atomic E-state index is 2.52. The van der Waals surface area contributed by atoms with E-state index >= 15 is 0 Å². The molecule has 244 valence electrons. The van der Waals surface area contributed by atoms with Gasteiger partial charge in [0.1, 0.15) is 0 Å². The molecule has 0 aliphatic rings. The van der Waals surface area contributed by atoms with Crippen LogP contribution in [0.2, 0.25) is 0 Å². The zero-order valence-corrected chi connectivity index (χ0v) is 30.4. The van der Waals surface area contributed by atoms with Crippen molar-refractivity contribution < 1.29 is 0 Å². The molecule has 0 unspecified atom stereocenters. The van der Waals surface area contributed by atoms with Crippen molar-refractivity contribution in [2.24, 2.45) is 0 Å². The first-order valence-corrected chi connectivity index (χ1v) is 20.0. The van der Waals surface area contributed by atoms with Crippen LogP contribution in [0.25, 0.3) is 82.8 Å². The van der Waals surface area contributed by atoms with Gasteiger partial charge in [0.05, 0.1) is 16.1 Å². The van der Waals surface area contributed by atoms with Crippen molar-refractivity contribution in [3.63, 3.8) is 0 Å². The summed E-state index contributed by atoms with van der Waals surface area (Å²) in [4.78, 5) is 2.52. The second-order valence-corrected chi connectivity index (χ2v) is 16.4. The van der Waals surface area contributed by atoms with Crippen molar-refractivity contribution >= 4 is 112 Å². The fourth-order valence-electron chi connectivity index (χ4n) is 7.92. The molecule has 4 heteroatoms. The molecule has 52 heavy (non-hydrogen) atoms. The average molecular weight is 716 g/mol. The lowest BCUT2D eigenvalue weighted by atomic mass is 10.0. The molecule has 11 rings (SSSR count). The first-order chi connectivity index (χ1) is 25.8. The van der Waals surface area contributed by atoms with E-state index < -0.39 is 0 Å². The number of nitrogens with zero attached hydrogens (tertiary/aromatic N) is 1. The van der Waals surface area contributed by atoms with E-state index in [-0.39, 0.29) is 0 Å². The normalized spacial score (nSPS) is 11.8. The minimum atomic E-state index is 1.14. The summed E-state index contributed by atoms with van der Waals surface area (Å²) in [6.45, 7) is 0. The Kier molecular flexibility index (Phi) is 6.84. The Labute approximate surface area is 312 Å². The highest BCUT2D eigenvalue weighted by molar-refractivity contribution is 7.30. The second-order valence-electron chi connectivity index (χ2n) is 13.2. The van der Waals surface area contributed by atoms with E-state index in [1.807, 2.05) is 34.0 Å². The Morgan fingerprint density at radius 2 is 0.904 bits per heavy atom. The number of rotatable bonds is 5. The maximum atomic E-state index is 2.52. The van der Waals surface area contributed by atoms with Gasteiger partial charge in [-0.05, 0) is 64.7 Å². The molecular weight excluding hydrogens is 687 g/mol. The average Bonchev–Trinajstić information content (AvgIpc) is 3.91. The molecule has 0 saturated carbocycles. The van der Waals surface area contributed by atoms with E-state index in [0.717, 1.165) is 5.69 Å². The zero-order chi connectivity index (χ0) is 34.2. The lowest BCUT2D eigenvalue weighted by Gasteiger charge is -2.27. The number of anilines is 3. The van der Waals surface area contributed by atoms with Crippen molar-refractivity contribution in [1.29, 1.82) is 0 Å². The number of thiophene rings is 3. The molecule has 0 amide bonds. The molecule has 0 spiro atoms. The van der Waals surface area contributed by atoms with Gasteiger partial charge < -0.3 is 4.90 Å². The minimum Gasteiger partial charge on any atom is -0.308 e. The first kappa shape index (κ1) is 29.9. The Bertz CT molecular complexity index is 3110. The summed E-state index contributed by atoms with van der Waals surface area (Å²) in [5.41, 5.74) is 8.50. The number of benzene rings is 8. The van der Waals surface area contributed by atoms with E-state index in [1.165, 1.54) is 94.1 Å². The molecule has 3 aromatic heterocycles. The molecule has 0 bridgehead atoms. The number of hydrogen-bond donors (Lipinski definition) is 0. The summed E-state index contributed by atoms with van der Waals surface area (Å²) in [5.74, 6) is 0. The van der Waals surface area contributed by atoms with Crippen LogP contribution in [0.1, 0.15) is 0 Å². The highest BCUT2D eigenvalue weighted by Gasteiger charge is 2.24. The predicted octanol–water partition coefficient (Wildman–Crippen LogP) is 15.6. The summed E-state index contributed by atoms with van der Waals surface area (Å²) < 4.78 is 7.94. The second kappa shape index (κ2) is 11.9. The van der Waals surface area contributed by atoms with Gasteiger partial charge in [0.2, 0.25) is 0 Å². The van der Waals surface area contributed by atoms with Crippen molar-refractivity contribution in [3.8, 4) is 22.3 Å². The molecule has 3 heterocycles. The van der Waals surface area contributed by atoms with Gasteiger partial charge in [-0.25, -0.2) is 0 Å². The molecule has 0 atom stereocenters. The molecule has 11 aromatic rings. The van der Waals surface area contributed by atoms with Gasteiger partial charge >= 0.3 is 0 Å². The highest BCUT2D eigenvalue weighted by Crippen LogP contribution is 2.52. The predicted molar refractivity (Wildman–Crippen MR) is 231 cm³/mol. The lowest BCUT2D eigenvalue weighted by molar-refractivity contribution is 1.32. The van der Waals surface area contributed by atoms with Gasteiger partial charge in [-0.1, -0.05) is 133 Å². The van der Waals surface area contributed by atoms with E-state index in [1.54, 1.807) is 0 Å². The Balaban J connectivity index is 1.22. The minimum absolute atomic E-state index is 1.14. The summed E-state index contributed by atoms with van der Waals surface area (Å²) in [6, 6.07) is 64.6. The largest absolute Gasteiger partial charge is 0.308 e. The van der Waals surface area contributed by atoms with Crippen LogP contribution in [-0.2, 0) is 0 Å². The summed E-state index contributed by atoms with van der Waals surface area (Å²) in [7, 11) is 0. The van der Waals surface area contributed by atoms with Crippen LogP contribution in [0.4, 0.5) is 17.1 Å². The van der Waals surface area contributed by atoms with Crippen molar-refractivity contribution in [2.45, 2.75) is 0 Å². The Morgan fingerprint density at radius 1 is 0.308 bits per heavy atom. The van der Waals surface area contributed by atoms with Crippen LogP contribution in [0, 0.1) is 0 Å². The molecule has 0 aliphatic carbocycles. The van der Waals surface area contributed by atoms with E-state index in [0.29, 0.717) is 0 Å². The van der Waals surface area contributed by atoms with E-state index in [9.17, 15) is 0 Å². The quantitative estimate of drug-likeness (QED) is 0.171. The number of hydrogen-bond acceptors (Lipinski definition) is 4. The Hall–Kier alpha value is -5.78. The smallest absolute Gasteiger partial charge is 0.0640 e. The van der Waals surface area contributed by atoms with Crippen LogP contribution in [-0.4, -0.2) is 0 Å². The monoisotopic (exact) mass is 715 g/mol. The molecule has 8 aromatic carbocycles. The topological polar surface area (TPSA) is 3.24 Å². The standard InChI is InChI=1S/C48H29NS3/c1-3-12-30(13-4-1)31-24-26-33(27-25-31)49(40-21-10-19-37-36-18-9-17-34(46(36)52-47(37)40)32-14-5-2-6-15-32)39-20-11-23-42-44(39)45-43(50-42)29-28-38-35-16-7-8-22-41(35)51-48(38)45/h1-29H. The zero-order valence-electron chi connectivity index (χ0n) is 27.9. The van der Waals surface area contributed by atoms with Gasteiger partial charge in [0.25, 0.3) is 0 Å². The van der Waals surface area contributed by atoms with Crippen molar-refractivity contribution in [1.82, 2.24) is 0 Å². The molecule has 0 saturated heterocycles. The maximum Gasteiger partial charge on any atom is 0.0640 e. The third-order valence-corrected chi connectivity index (χ3v) is 13.9.